The Morgan fingerprint density at radius 3 is 2.00 bits per heavy atom. The van der Waals surface area contributed by atoms with E-state index in [2.05, 4.69) is 18.3 Å². The smallest absolute Gasteiger partial charge is 0.266 e. The minimum Gasteiger partial charge on any atom is -0.387 e. The van der Waals surface area contributed by atoms with Crippen LogP contribution < -0.4 is 5.32 Å². The molecule has 5 fully saturated rings. The summed E-state index contributed by atoms with van der Waals surface area (Å²) in [7, 11) is 0. The largest absolute Gasteiger partial charge is 0.387 e. The molecule has 1 atom stereocenters. The van der Waals surface area contributed by atoms with Gasteiger partial charge in [-0.05, 0) is 68.6 Å². The van der Waals surface area contributed by atoms with E-state index >= 15 is 0 Å². The normalized spacial score (nSPS) is 35.5. The van der Waals surface area contributed by atoms with Gasteiger partial charge < -0.3 is 15.1 Å². The number of nitrogens with one attached hydrogen (secondary N) is 1. The number of nitrogens with zero attached hydrogens (tertiary/aromatic N) is 3. The minimum absolute atomic E-state index is 0.0363. The monoisotopic (exact) mass is 384 g/mol. The lowest BCUT2D eigenvalue weighted by Gasteiger charge is -2.59. The number of hydrogen-bond acceptors (Lipinski definition) is 4. The zero-order valence-corrected chi connectivity index (χ0v) is 17.1. The lowest BCUT2D eigenvalue weighted by Crippen LogP contribution is -2.54. The molecular formula is C22H32N4O2. The van der Waals surface area contributed by atoms with Crippen molar-refractivity contribution in [1.82, 2.24) is 15.1 Å². The van der Waals surface area contributed by atoms with E-state index in [1.165, 1.54) is 38.5 Å². The predicted octanol–water partition coefficient (Wildman–Crippen LogP) is 2.28. The van der Waals surface area contributed by atoms with Crippen molar-refractivity contribution in [2.45, 2.75) is 58.4 Å². The Kier molecular flexibility index (Phi) is 5.11. The van der Waals surface area contributed by atoms with Crippen molar-refractivity contribution >= 4 is 11.8 Å². The van der Waals surface area contributed by atoms with Crippen LogP contribution in [0.4, 0.5) is 0 Å². The van der Waals surface area contributed by atoms with Crippen LogP contribution in [0.3, 0.4) is 0 Å². The van der Waals surface area contributed by atoms with Crippen molar-refractivity contribution in [3.63, 3.8) is 0 Å². The minimum atomic E-state index is -0.226. The fraction of sp³-hybridized carbons (Fsp3) is 0.773. The molecule has 4 saturated carbocycles. The molecule has 0 radical (unpaired) electrons. The number of hydrogen-bond donors (Lipinski definition) is 1. The van der Waals surface area contributed by atoms with Crippen LogP contribution in [0.1, 0.15) is 52.4 Å². The molecule has 1 aliphatic heterocycles. The van der Waals surface area contributed by atoms with Crippen LogP contribution in [0, 0.1) is 34.5 Å². The maximum atomic E-state index is 12.8. The van der Waals surface area contributed by atoms with E-state index in [4.69, 9.17) is 0 Å². The Labute approximate surface area is 167 Å². The molecule has 0 aromatic heterocycles. The van der Waals surface area contributed by atoms with E-state index in [-0.39, 0.29) is 23.4 Å². The number of piperazine rings is 1. The molecule has 5 rings (SSSR count). The predicted molar refractivity (Wildman–Crippen MR) is 106 cm³/mol. The Morgan fingerprint density at radius 1 is 1.04 bits per heavy atom. The molecule has 5 aliphatic rings. The van der Waals surface area contributed by atoms with Gasteiger partial charge in [0, 0.05) is 45.3 Å². The van der Waals surface area contributed by atoms with E-state index in [9.17, 15) is 14.9 Å². The standard InChI is InChI=1S/C22H32N4O2/c1-15(22-10-17-7-18(11-22)9-19(8-17)12-22)24-14-20(13-23)21(28)26-5-3-25(4-6-26)16(2)27/h14-15,17-19,24H,3-12H2,1-2H3/b20-14-. The van der Waals surface area contributed by atoms with E-state index in [0.29, 0.717) is 31.6 Å². The summed E-state index contributed by atoms with van der Waals surface area (Å²) in [5.74, 6) is 2.46. The number of carbonyl (C=O) groups excluding carboxylic acids is 2. The maximum Gasteiger partial charge on any atom is 0.266 e. The van der Waals surface area contributed by atoms with Crippen molar-refractivity contribution in [2.75, 3.05) is 26.2 Å². The van der Waals surface area contributed by atoms with E-state index in [1.54, 1.807) is 22.9 Å². The Hall–Kier alpha value is -2.03. The molecule has 1 heterocycles. The highest BCUT2D eigenvalue weighted by Crippen LogP contribution is 2.61. The molecule has 4 bridgehead atoms. The topological polar surface area (TPSA) is 76.4 Å². The summed E-state index contributed by atoms with van der Waals surface area (Å²) in [6.07, 6.45) is 9.78. The zero-order chi connectivity index (χ0) is 19.9. The third-order valence-electron chi connectivity index (χ3n) is 7.84. The number of nitriles is 1. The summed E-state index contributed by atoms with van der Waals surface area (Å²) in [5, 5.41) is 13.0. The van der Waals surface area contributed by atoms with Crippen molar-refractivity contribution in [3.05, 3.63) is 11.8 Å². The Morgan fingerprint density at radius 2 is 1.54 bits per heavy atom. The molecule has 6 heteroatoms. The van der Waals surface area contributed by atoms with Gasteiger partial charge in [0.25, 0.3) is 5.91 Å². The summed E-state index contributed by atoms with van der Waals surface area (Å²) in [6, 6.07) is 2.37. The van der Waals surface area contributed by atoms with Gasteiger partial charge in [0.05, 0.1) is 0 Å². The average molecular weight is 385 g/mol. The third-order valence-corrected chi connectivity index (χ3v) is 7.84. The molecule has 0 spiro atoms. The van der Waals surface area contributed by atoms with Gasteiger partial charge in [-0.15, -0.1) is 0 Å². The van der Waals surface area contributed by atoms with Crippen LogP contribution in [-0.4, -0.2) is 53.8 Å². The fourth-order valence-electron chi connectivity index (χ4n) is 6.63. The van der Waals surface area contributed by atoms with Crippen molar-refractivity contribution in [1.29, 1.82) is 5.26 Å². The van der Waals surface area contributed by atoms with Crippen molar-refractivity contribution in [2.24, 2.45) is 23.2 Å². The number of amides is 2. The summed E-state index contributed by atoms with van der Waals surface area (Å²) in [6.45, 7) is 5.83. The Bertz CT molecular complexity index is 679. The van der Waals surface area contributed by atoms with Gasteiger partial charge in [0.2, 0.25) is 5.91 Å². The molecule has 28 heavy (non-hydrogen) atoms. The molecule has 1 unspecified atom stereocenters. The molecule has 0 aromatic rings. The molecule has 1 N–H and O–H groups in total. The van der Waals surface area contributed by atoms with Crippen molar-refractivity contribution in [3.8, 4) is 6.07 Å². The maximum absolute atomic E-state index is 12.8. The second-order valence-electron chi connectivity index (χ2n) is 9.64. The second-order valence-corrected chi connectivity index (χ2v) is 9.64. The first-order valence-corrected chi connectivity index (χ1v) is 10.8. The molecule has 6 nitrogen and oxygen atoms in total. The molecule has 0 aromatic carbocycles. The van der Waals surface area contributed by atoms with Gasteiger partial charge >= 0.3 is 0 Å². The summed E-state index contributed by atoms with van der Waals surface area (Å²) in [4.78, 5) is 27.6. The second kappa shape index (κ2) is 7.42. The van der Waals surface area contributed by atoms with Gasteiger partial charge in [-0.2, -0.15) is 5.26 Å². The van der Waals surface area contributed by atoms with Crippen LogP contribution >= 0.6 is 0 Å². The highest BCUT2D eigenvalue weighted by Gasteiger charge is 2.53. The lowest BCUT2D eigenvalue weighted by atomic mass is 9.48. The van der Waals surface area contributed by atoms with E-state index in [0.717, 1.165) is 17.8 Å². The number of rotatable bonds is 4. The van der Waals surface area contributed by atoms with Gasteiger partial charge in [-0.25, -0.2) is 0 Å². The Balaban J connectivity index is 1.38. The van der Waals surface area contributed by atoms with Crippen molar-refractivity contribution < 1.29 is 9.59 Å². The molecule has 152 valence electrons. The number of carbonyl (C=O) groups is 2. The van der Waals surface area contributed by atoms with Gasteiger partial charge in [0.1, 0.15) is 11.6 Å². The van der Waals surface area contributed by atoms with Crippen LogP contribution in [0.15, 0.2) is 11.8 Å². The van der Waals surface area contributed by atoms with E-state index in [1.807, 2.05) is 0 Å². The SMILES string of the molecule is CC(=O)N1CCN(C(=O)/C(C#N)=C\NC(C)C23CC4CC(CC(C4)C2)C3)CC1. The third kappa shape index (κ3) is 3.52. The summed E-state index contributed by atoms with van der Waals surface area (Å²) >= 11 is 0. The first kappa shape index (κ1) is 19.3. The average Bonchev–Trinajstić information content (AvgIpc) is 2.67. The quantitative estimate of drug-likeness (QED) is 0.596. The highest BCUT2D eigenvalue weighted by molar-refractivity contribution is 5.97. The van der Waals surface area contributed by atoms with Crippen LogP contribution in [0.25, 0.3) is 0 Å². The van der Waals surface area contributed by atoms with Crippen LogP contribution in [-0.2, 0) is 9.59 Å². The molecular weight excluding hydrogens is 352 g/mol. The van der Waals surface area contributed by atoms with E-state index < -0.39 is 0 Å². The van der Waals surface area contributed by atoms with Crippen LogP contribution in [0.2, 0.25) is 0 Å². The van der Waals surface area contributed by atoms with Gasteiger partial charge in [0.15, 0.2) is 0 Å². The van der Waals surface area contributed by atoms with Crippen LogP contribution in [0.5, 0.6) is 0 Å². The molecule has 2 amide bonds. The first-order chi connectivity index (χ1) is 13.4. The first-order valence-electron chi connectivity index (χ1n) is 10.8. The summed E-state index contributed by atoms with van der Waals surface area (Å²) in [5.41, 5.74) is 0.509. The molecule has 1 saturated heterocycles. The van der Waals surface area contributed by atoms with Gasteiger partial charge in [-0.3, -0.25) is 9.59 Å². The summed E-state index contributed by atoms with van der Waals surface area (Å²) < 4.78 is 0. The molecule has 4 aliphatic carbocycles. The highest BCUT2D eigenvalue weighted by atomic mass is 16.2. The fourth-order valence-corrected chi connectivity index (χ4v) is 6.63. The lowest BCUT2D eigenvalue weighted by molar-refractivity contribution is -0.136. The van der Waals surface area contributed by atoms with Gasteiger partial charge in [-0.1, -0.05) is 0 Å². The zero-order valence-electron chi connectivity index (χ0n) is 17.1.